The minimum absolute atomic E-state index is 0.0413. The summed E-state index contributed by atoms with van der Waals surface area (Å²) in [4.78, 5) is 16.3. The van der Waals surface area contributed by atoms with Gasteiger partial charge in [-0.2, -0.15) is 0 Å². The summed E-state index contributed by atoms with van der Waals surface area (Å²) in [6.45, 7) is 0. The minimum atomic E-state index is -0.609. The molecule has 0 bridgehead atoms. The molecule has 2 rings (SSSR count). The lowest BCUT2D eigenvalue weighted by Gasteiger charge is -2.12. The van der Waals surface area contributed by atoms with E-state index in [1.807, 2.05) is 18.2 Å². The Labute approximate surface area is 136 Å². The average Bonchev–Trinajstić information content (AvgIpc) is 3.01. The van der Waals surface area contributed by atoms with Gasteiger partial charge in [0.1, 0.15) is 4.99 Å². The van der Waals surface area contributed by atoms with Crippen LogP contribution in [0.1, 0.15) is 0 Å². The number of carbonyl (C=O) groups is 1. The van der Waals surface area contributed by atoms with E-state index in [9.17, 15) is 9.90 Å². The number of hydrogen-bond donors (Lipinski definition) is 3. The van der Waals surface area contributed by atoms with Crippen LogP contribution < -0.4 is 10.6 Å². The van der Waals surface area contributed by atoms with Crippen LogP contribution >= 0.6 is 23.6 Å². The number of aliphatic hydroxyl groups is 1. The quantitative estimate of drug-likeness (QED) is 0.443. The molecular weight excluding hydrogens is 322 g/mol. The predicted molar refractivity (Wildman–Crippen MR) is 90.1 cm³/mol. The molecule has 0 aliphatic rings. The highest BCUT2D eigenvalue weighted by Gasteiger charge is 2.22. The van der Waals surface area contributed by atoms with Crippen molar-refractivity contribution >= 4 is 45.3 Å². The Morgan fingerprint density at radius 2 is 2.05 bits per heavy atom. The second-order valence-corrected chi connectivity index (χ2v) is 5.30. The number of ether oxygens (including phenoxy) is 1. The fourth-order valence-corrected chi connectivity index (χ4v) is 2.38. The Hall–Kier alpha value is -2.45. The highest BCUT2D eigenvalue weighted by Crippen LogP contribution is 2.16. The smallest absolute Gasteiger partial charge is 0.292 e. The third kappa shape index (κ3) is 4.03. The number of thiazole rings is 1. The molecule has 0 radical (unpaired) electrons. The van der Waals surface area contributed by atoms with E-state index in [2.05, 4.69) is 15.6 Å². The van der Waals surface area contributed by atoms with Crippen LogP contribution in [0.25, 0.3) is 0 Å². The lowest BCUT2D eigenvalue weighted by molar-refractivity contribution is -0.112. The van der Waals surface area contributed by atoms with Crippen molar-refractivity contribution in [2.75, 3.05) is 17.7 Å². The average molecular weight is 335 g/mol. The summed E-state index contributed by atoms with van der Waals surface area (Å²) in [5, 5.41) is 17.4. The molecule has 1 aromatic carbocycles. The maximum atomic E-state index is 12.3. The lowest BCUT2D eigenvalue weighted by atomic mass is 10.2. The third-order valence-corrected chi connectivity index (χ3v) is 3.54. The van der Waals surface area contributed by atoms with Gasteiger partial charge in [-0.3, -0.25) is 10.1 Å². The number of carbonyl (C=O) groups excluding carboxylic acids is 1. The Bertz CT molecular complexity index is 685. The van der Waals surface area contributed by atoms with Gasteiger partial charge < -0.3 is 15.2 Å². The van der Waals surface area contributed by atoms with Crippen molar-refractivity contribution in [2.24, 2.45) is 0 Å². The summed E-state index contributed by atoms with van der Waals surface area (Å²) in [5.74, 6) is -1.18. The van der Waals surface area contributed by atoms with Gasteiger partial charge in [0, 0.05) is 17.3 Å². The van der Waals surface area contributed by atoms with Crippen molar-refractivity contribution in [1.29, 1.82) is 0 Å². The first kappa shape index (κ1) is 15.9. The van der Waals surface area contributed by atoms with Crippen molar-refractivity contribution in [3.8, 4) is 0 Å². The van der Waals surface area contributed by atoms with Gasteiger partial charge in [0.15, 0.2) is 10.7 Å². The number of rotatable bonds is 5. The second-order valence-electron chi connectivity index (χ2n) is 4.00. The Morgan fingerprint density at radius 1 is 1.32 bits per heavy atom. The SMILES string of the molecule is CO/C(O)=C(/C(=O)Nc1nccs1)C(=S)Nc1ccccc1. The molecule has 2 aromatic rings. The normalized spacial score (nSPS) is 11.3. The van der Waals surface area contributed by atoms with E-state index in [4.69, 9.17) is 17.0 Å². The maximum Gasteiger partial charge on any atom is 0.292 e. The molecule has 1 heterocycles. The minimum Gasteiger partial charge on any atom is -0.480 e. The number of aliphatic hydroxyl groups excluding tert-OH is 1. The Morgan fingerprint density at radius 3 is 2.64 bits per heavy atom. The molecule has 0 fully saturated rings. The van der Waals surface area contributed by atoms with Crippen LogP contribution in [0, 0.1) is 0 Å². The predicted octanol–water partition coefficient (Wildman–Crippen LogP) is 2.94. The van der Waals surface area contributed by atoms with Crippen molar-refractivity contribution in [3.63, 3.8) is 0 Å². The van der Waals surface area contributed by atoms with Crippen molar-refractivity contribution in [3.05, 3.63) is 53.4 Å². The first-order chi connectivity index (χ1) is 10.6. The van der Waals surface area contributed by atoms with Gasteiger partial charge in [0.2, 0.25) is 0 Å². The molecule has 0 saturated carbocycles. The van der Waals surface area contributed by atoms with E-state index in [0.29, 0.717) is 10.8 Å². The molecule has 0 spiro atoms. The summed E-state index contributed by atoms with van der Waals surface area (Å²) in [6, 6.07) is 9.06. The standard InChI is InChI=1S/C14H13N3O3S2/c1-20-13(19)10(11(18)17-14-15-7-8-22-14)12(21)16-9-5-3-2-4-6-9/h2-8,19H,1H3,(H,16,21)(H,15,17,18)/b13-10-. The van der Waals surface area contributed by atoms with Crippen LogP contribution in [0.2, 0.25) is 0 Å². The van der Waals surface area contributed by atoms with Crippen LogP contribution in [-0.2, 0) is 9.53 Å². The van der Waals surface area contributed by atoms with Gasteiger partial charge in [-0.15, -0.1) is 11.3 Å². The maximum absolute atomic E-state index is 12.3. The number of hydrogen-bond acceptors (Lipinski definition) is 6. The molecule has 22 heavy (non-hydrogen) atoms. The first-order valence-corrected chi connectivity index (χ1v) is 7.45. The van der Waals surface area contributed by atoms with Crippen molar-refractivity contribution in [2.45, 2.75) is 0 Å². The van der Waals surface area contributed by atoms with Crippen LogP contribution in [0.4, 0.5) is 10.8 Å². The molecule has 6 nitrogen and oxygen atoms in total. The molecule has 0 aliphatic heterocycles. The molecule has 1 aromatic heterocycles. The fourth-order valence-electron chi connectivity index (χ4n) is 1.56. The summed E-state index contributed by atoms with van der Waals surface area (Å²) >= 11 is 6.44. The zero-order valence-corrected chi connectivity index (χ0v) is 13.2. The monoisotopic (exact) mass is 335 g/mol. The lowest BCUT2D eigenvalue weighted by Crippen LogP contribution is -2.26. The zero-order chi connectivity index (χ0) is 15.9. The Kier molecular flexibility index (Phi) is 5.45. The summed E-state index contributed by atoms with van der Waals surface area (Å²) in [5.41, 5.74) is 0.521. The molecular formula is C14H13N3O3S2. The number of anilines is 2. The zero-order valence-electron chi connectivity index (χ0n) is 11.6. The van der Waals surface area contributed by atoms with Crippen molar-refractivity contribution < 1.29 is 14.6 Å². The molecule has 0 atom stereocenters. The number of methoxy groups -OCH3 is 1. The van der Waals surface area contributed by atoms with E-state index < -0.39 is 11.9 Å². The van der Waals surface area contributed by atoms with Crippen LogP contribution in [0.15, 0.2) is 53.4 Å². The first-order valence-electron chi connectivity index (χ1n) is 6.16. The summed E-state index contributed by atoms with van der Waals surface area (Å²) < 4.78 is 4.74. The molecule has 0 aliphatic carbocycles. The number of nitrogens with zero attached hydrogens (tertiary/aromatic N) is 1. The summed E-state index contributed by atoms with van der Waals surface area (Å²) in [7, 11) is 1.25. The number of benzene rings is 1. The van der Waals surface area contributed by atoms with Gasteiger partial charge in [0.25, 0.3) is 11.9 Å². The van der Waals surface area contributed by atoms with E-state index in [-0.39, 0.29) is 10.6 Å². The number of para-hydroxylation sites is 1. The van der Waals surface area contributed by atoms with E-state index >= 15 is 0 Å². The van der Waals surface area contributed by atoms with E-state index in [1.165, 1.54) is 18.4 Å². The molecule has 0 saturated heterocycles. The fraction of sp³-hybridized carbons (Fsp3) is 0.0714. The van der Waals surface area contributed by atoms with Crippen molar-refractivity contribution in [1.82, 2.24) is 4.98 Å². The van der Waals surface area contributed by atoms with Crippen LogP contribution in [-0.4, -0.2) is 28.1 Å². The second kappa shape index (κ2) is 7.53. The molecule has 8 heteroatoms. The molecule has 3 N–H and O–H groups in total. The van der Waals surface area contributed by atoms with E-state index in [1.54, 1.807) is 23.7 Å². The van der Waals surface area contributed by atoms with Gasteiger partial charge >= 0.3 is 0 Å². The Balaban J connectivity index is 2.19. The number of thiocarbonyl (C=S) groups is 1. The molecule has 1 amide bonds. The van der Waals surface area contributed by atoms with Crippen LogP contribution in [0.3, 0.4) is 0 Å². The number of amides is 1. The number of aromatic nitrogens is 1. The number of nitrogens with one attached hydrogen (secondary N) is 2. The van der Waals surface area contributed by atoms with Gasteiger partial charge in [-0.05, 0) is 12.1 Å². The van der Waals surface area contributed by atoms with Gasteiger partial charge in [-0.25, -0.2) is 4.98 Å². The summed E-state index contributed by atoms with van der Waals surface area (Å²) in [6.07, 6.45) is 1.56. The topological polar surface area (TPSA) is 83.5 Å². The highest BCUT2D eigenvalue weighted by molar-refractivity contribution is 7.81. The molecule has 114 valence electrons. The van der Waals surface area contributed by atoms with E-state index in [0.717, 1.165) is 0 Å². The van der Waals surface area contributed by atoms with Crippen LogP contribution in [0.5, 0.6) is 0 Å². The van der Waals surface area contributed by atoms with Gasteiger partial charge in [0.05, 0.1) is 7.11 Å². The largest absolute Gasteiger partial charge is 0.480 e. The molecule has 0 unspecified atom stereocenters. The highest BCUT2D eigenvalue weighted by atomic mass is 32.1. The van der Waals surface area contributed by atoms with Gasteiger partial charge in [-0.1, -0.05) is 30.4 Å². The third-order valence-electron chi connectivity index (χ3n) is 2.55.